The quantitative estimate of drug-likeness (QED) is 0.131. The van der Waals surface area contributed by atoms with E-state index in [2.05, 4.69) is 26.5 Å². The number of carbonyl (C=O) groups is 2. The zero-order valence-corrected chi connectivity index (χ0v) is 20.1. The zero-order valence-electron chi connectivity index (χ0n) is 18.5. The molecule has 36 heavy (non-hydrogen) atoms. The molecule has 0 saturated heterocycles. The lowest BCUT2D eigenvalue weighted by Crippen LogP contribution is -2.17. The summed E-state index contributed by atoms with van der Waals surface area (Å²) in [6, 6.07) is 13.6. The van der Waals surface area contributed by atoms with Crippen molar-refractivity contribution in [2.45, 2.75) is 6.92 Å². The molecule has 0 unspecified atom stereocenters. The molecule has 3 aromatic rings. The first-order valence-corrected chi connectivity index (χ1v) is 11.0. The van der Waals surface area contributed by atoms with E-state index in [1.54, 1.807) is 31.2 Å². The molecule has 0 aliphatic heterocycles. The number of halogens is 1. The molecule has 0 fully saturated rings. The van der Waals surface area contributed by atoms with Gasteiger partial charge in [-0.1, -0.05) is 15.9 Å². The summed E-state index contributed by atoms with van der Waals surface area (Å²) in [4.78, 5) is 45.2. The van der Waals surface area contributed by atoms with Gasteiger partial charge in [0.15, 0.2) is 11.5 Å². The summed E-state index contributed by atoms with van der Waals surface area (Å²) in [6.07, 6.45) is 1.36. The van der Waals surface area contributed by atoms with E-state index in [0.717, 1.165) is 22.7 Å². The molecule has 1 N–H and O–H groups in total. The van der Waals surface area contributed by atoms with Crippen LogP contribution in [0.3, 0.4) is 0 Å². The van der Waals surface area contributed by atoms with Gasteiger partial charge in [-0.2, -0.15) is 5.10 Å². The third-order valence-electron chi connectivity index (χ3n) is 4.52. The van der Waals surface area contributed by atoms with Crippen molar-refractivity contribution in [2.75, 3.05) is 6.61 Å². The standard InChI is InChI=1S/C23H17BrN4O8/c1-2-35-21-9-14(13-25-26-22(29)15-4-6-17(24)7-5-15)3-8-20(21)36-23(30)16-10-18(27(31)32)12-19(11-16)28(33)34/h3-13H,2H2,1H3,(H,26,29)/b25-13+. The van der Waals surface area contributed by atoms with Crippen LogP contribution in [0.5, 0.6) is 11.5 Å². The van der Waals surface area contributed by atoms with Gasteiger partial charge in [-0.3, -0.25) is 25.0 Å². The third kappa shape index (κ3) is 6.70. The first kappa shape index (κ1) is 26.0. The molecule has 0 spiro atoms. The molecule has 0 atom stereocenters. The molecule has 0 heterocycles. The highest BCUT2D eigenvalue weighted by Crippen LogP contribution is 2.30. The van der Waals surface area contributed by atoms with Crippen molar-refractivity contribution in [3.8, 4) is 11.5 Å². The first-order chi connectivity index (χ1) is 17.2. The number of nitro groups is 2. The Morgan fingerprint density at radius 1 is 0.944 bits per heavy atom. The maximum absolute atomic E-state index is 12.6. The van der Waals surface area contributed by atoms with Crippen LogP contribution in [0.2, 0.25) is 0 Å². The van der Waals surface area contributed by atoms with Crippen LogP contribution in [0, 0.1) is 20.2 Å². The van der Waals surface area contributed by atoms with E-state index in [4.69, 9.17) is 9.47 Å². The Bertz CT molecular complexity index is 1330. The summed E-state index contributed by atoms with van der Waals surface area (Å²) >= 11 is 3.29. The van der Waals surface area contributed by atoms with Gasteiger partial charge in [0.2, 0.25) is 0 Å². The van der Waals surface area contributed by atoms with Crippen LogP contribution in [-0.2, 0) is 0 Å². The number of esters is 1. The van der Waals surface area contributed by atoms with Gasteiger partial charge in [0.05, 0.1) is 34.3 Å². The van der Waals surface area contributed by atoms with Crippen molar-refractivity contribution >= 4 is 45.4 Å². The summed E-state index contributed by atoms with van der Waals surface area (Å²) < 4.78 is 11.6. The Balaban J connectivity index is 1.78. The van der Waals surface area contributed by atoms with E-state index in [-0.39, 0.29) is 23.7 Å². The molecule has 0 aliphatic carbocycles. The molecule has 13 heteroatoms. The first-order valence-electron chi connectivity index (χ1n) is 10.2. The highest BCUT2D eigenvalue weighted by Gasteiger charge is 2.22. The zero-order chi connectivity index (χ0) is 26.2. The number of nitrogens with zero attached hydrogens (tertiary/aromatic N) is 3. The number of amides is 1. The van der Waals surface area contributed by atoms with E-state index in [0.29, 0.717) is 11.1 Å². The van der Waals surface area contributed by atoms with Crippen LogP contribution in [0.15, 0.2) is 70.2 Å². The van der Waals surface area contributed by atoms with Crippen molar-refractivity contribution < 1.29 is 28.9 Å². The van der Waals surface area contributed by atoms with Gasteiger partial charge < -0.3 is 9.47 Å². The van der Waals surface area contributed by atoms with Gasteiger partial charge in [-0.05, 0) is 55.0 Å². The minimum Gasteiger partial charge on any atom is -0.490 e. The van der Waals surface area contributed by atoms with Crippen molar-refractivity contribution in [3.05, 3.63) is 102 Å². The number of nitrogens with one attached hydrogen (secondary N) is 1. The lowest BCUT2D eigenvalue weighted by Gasteiger charge is -2.11. The smallest absolute Gasteiger partial charge is 0.344 e. The normalized spacial score (nSPS) is 10.6. The molecular formula is C23H17BrN4O8. The fraction of sp³-hybridized carbons (Fsp3) is 0.0870. The van der Waals surface area contributed by atoms with Crippen LogP contribution in [0.1, 0.15) is 33.2 Å². The molecule has 0 radical (unpaired) electrons. The van der Waals surface area contributed by atoms with Crippen LogP contribution >= 0.6 is 15.9 Å². The molecule has 0 saturated carbocycles. The number of nitro benzene ring substituents is 2. The maximum atomic E-state index is 12.6. The van der Waals surface area contributed by atoms with Crippen molar-refractivity contribution in [3.63, 3.8) is 0 Å². The summed E-state index contributed by atoms with van der Waals surface area (Å²) in [5, 5.41) is 26.1. The van der Waals surface area contributed by atoms with Gasteiger partial charge in [-0.15, -0.1) is 0 Å². The predicted molar refractivity (Wildman–Crippen MR) is 132 cm³/mol. The number of non-ortho nitro benzene ring substituents is 2. The highest BCUT2D eigenvalue weighted by molar-refractivity contribution is 9.10. The number of hydrazone groups is 1. The van der Waals surface area contributed by atoms with E-state index in [1.807, 2.05) is 0 Å². The Morgan fingerprint density at radius 3 is 2.17 bits per heavy atom. The van der Waals surface area contributed by atoms with E-state index >= 15 is 0 Å². The lowest BCUT2D eigenvalue weighted by atomic mass is 10.1. The molecular weight excluding hydrogens is 540 g/mol. The van der Waals surface area contributed by atoms with E-state index in [1.165, 1.54) is 24.4 Å². The molecule has 0 bridgehead atoms. The van der Waals surface area contributed by atoms with Gasteiger partial charge in [0.25, 0.3) is 17.3 Å². The maximum Gasteiger partial charge on any atom is 0.344 e. The minimum atomic E-state index is -1.05. The van der Waals surface area contributed by atoms with E-state index < -0.39 is 33.1 Å². The number of ether oxygens (including phenoxy) is 2. The average Bonchev–Trinajstić information content (AvgIpc) is 2.85. The Labute approximate surface area is 212 Å². The summed E-state index contributed by atoms with van der Waals surface area (Å²) in [6.45, 7) is 1.92. The number of benzene rings is 3. The second-order valence-corrected chi connectivity index (χ2v) is 7.90. The fourth-order valence-corrected chi connectivity index (χ4v) is 3.14. The highest BCUT2D eigenvalue weighted by atomic mass is 79.9. The van der Waals surface area contributed by atoms with Gasteiger partial charge in [0, 0.05) is 22.2 Å². The largest absolute Gasteiger partial charge is 0.490 e. The van der Waals surface area contributed by atoms with Gasteiger partial charge >= 0.3 is 5.97 Å². The molecule has 12 nitrogen and oxygen atoms in total. The van der Waals surface area contributed by atoms with Gasteiger partial charge in [0.1, 0.15) is 0 Å². The second-order valence-electron chi connectivity index (χ2n) is 6.99. The number of carbonyl (C=O) groups excluding carboxylic acids is 2. The number of hydrogen-bond donors (Lipinski definition) is 1. The second kappa shape index (κ2) is 11.7. The molecule has 3 rings (SSSR count). The molecule has 1 amide bonds. The van der Waals surface area contributed by atoms with Crippen LogP contribution in [-0.4, -0.2) is 34.5 Å². The van der Waals surface area contributed by atoms with E-state index in [9.17, 15) is 29.8 Å². The van der Waals surface area contributed by atoms with Crippen LogP contribution < -0.4 is 14.9 Å². The average molecular weight is 557 g/mol. The summed E-state index contributed by atoms with van der Waals surface area (Å²) in [5.74, 6) is -1.34. The topological polar surface area (TPSA) is 163 Å². The number of hydrogen-bond acceptors (Lipinski definition) is 9. The molecule has 184 valence electrons. The Kier molecular flexibility index (Phi) is 8.41. The third-order valence-corrected chi connectivity index (χ3v) is 5.04. The number of rotatable bonds is 9. The predicted octanol–water partition coefficient (Wildman–Crippen LogP) is 4.65. The lowest BCUT2D eigenvalue weighted by molar-refractivity contribution is -0.394. The minimum absolute atomic E-state index is 0.0212. The molecule has 0 aliphatic rings. The molecule has 0 aromatic heterocycles. The monoisotopic (exact) mass is 556 g/mol. The molecule has 3 aromatic carbocycles. The Hall–Kier alpha value is -4.65. The van der Waals surface area contributed by atoms with Crippen molar-refractivity contribution in [1.82, 2.24) is 5.43 Å². The van der Waals surface area contributed by atoms with Crippen LogP contribution in [0.25, 0.3) is 0 Å². The fourth-order valence-electron chi connectivity index (χ4n) is 2.87. The summed E-state index contributed by atoms with van der Waals surface area (Å²) in [5.41, 5.74) is 1.68. The Morgan fingerprint density at radius 2 is 1.58 bits per heavy atom. The summed E-state index contributed by atoms with van der Waals surface area (Å²) in [7, 11) is 0. The SMILES string of the molecule is CCOc1cc(/C=N/NC(=O)c2ccc(Br)cc2)ccc1OC(=O)c1cc([N+](=O)[O-])cc([N+](=O)[O-])c1. The van der Waals surface area contributed by atoms with Gasteiger partial charge in [-0.25, -0.2) is 10.2 Å². The van der Waals surface area contributed by atoms with Crippen molar-refractivity contribution in [1.29, 1.82) is 0 Å². The van der Waals surface area contributed by atoms with Crippen LogP contribution in [0.4, 0.5) is 11.4 Å². The van der Waals surface area contributed by atoms with Crippen molar-refractivity contribution in [2.24, 2.45) is 5.10 Å².